The molecule has 0 aliphatic carbocycles. The maximum Gasteiger partial charge on any atom is 0.120 e. The van der Waals surface area contributed by atoms with Crippen LogP contribution < -0.4 is 10.5 Å². The fraction of sp³-hybridized carbons (Fsp3) is 0.455. The van der Waals surface area contributed by atoms with Gasteiger partial charge in [0, 0.05) is 17.0 Å². The molecular formula is C11H16ClNO. The molecule has 0 saturated heterocycles. The highest BCUT2D eigenvalue weighted by molar-refractivity contribution is 6.30. The van der Waals surface area contributed by atoms with Crippen molar-refractivity contribution in [3.8, 4) is 5.75 Å². The van der Waals surface area contributed by atoms with E-state index in [2.05, 4.69) is 13.8 Å². The summed E-state index contributed by atoms with van der Waals surface area (Å²) < 4.78 is 5.58. The Morgan fingerprint density at radius 3 is 2.71 bits per heavy atom. The van der Waals surface area contributed by atoms with E-state index in [0.717, 1.165) is 5.75 Å². The maximum absolute atomic E-state index is 5.82. The molecule has 0 amide bonds. The van der Waals surface area contributed by atoms with Gasteiger partial charge in [-0.3, -0.25) is 0 Å². The largest absolute Gasteiger partial charge is 0.493 e. The number of hydrogen-bond acceptors (Lipinski definition) is 2. The molecule has 0 heterocycles. The molecule has 78 valence electrons. The number of nitrogens with two attached hydrogens (primary N) is 1. The Morgan fingerprint density at radius 2 is 2.14 bits per heavy atom. The predicted octanol–water partition coefficient (Wildman–Crippen LogP) is 2.70. The molecular weight excluding hydrogens is 198 g/mol. The molecule has 1 aromatic carbocycles. The van der Waals surface area contributed by atoms with Gasteiger partial charge in [-0.05, 0) is 18.2 Å². The Labute approximate surface area is 90.0 Å². The van der Waals surface area contributed by atoms with E-state index < -0.39 is 0 Å². The topological polar surface area (TPSA) is 35.2 Å². The van der Waals surface area contributed by atoms with Crippen LogP contribution in [0.15, 0.2) is 24.3 Å². The second-order valence-electron chi connectivity index (χ2n) is 4.11. The number of hydrogen-bond donors (Lipinski definition) is 1. The minimum absolute atomic E-state index is 0.00230. The molecule has 3 heteroatoms. The van der Waals surface area contributed by atoms with Gasteiger partial charge in [-0.15, -0.1) is 0 Å². The Balaban J connectivity index is 2.54. The Hall–Kier alpha value is -0.730. The molecule has 0 aliphatic rings. The summed E-state index contributed by atoms with van der Waals surface area (Å²) in [7, 11) is 0. The molecule has 0 unspecified atom stereocenters. The van der Waals surface area contributed by atoms with E-state index in [-0.39, 0.29) is 5.41 Å². The monoisotopic (exact) mass is 213 g/mol. The highest BCUT2D eigenvalue weighted by Gasteiger charge is 2.16. The van der Waals surface area contributed by atoms with Crippen molar-refractivity contribution in [1.82, 2.24) is 0 Å². The van der Waals surface area contributed by atoms with Gasteiger partial charge in [0.15, 0.2) is 0 Å². The van der Waals surface area contributed by atoms with Gasteiger partial charge in [0.2, 0.25) is 0 Å². The van der Waals surface area contributed by atoms with Gasteiger partial charge < -0.3 is 10.5 Å². The summed E-state index contributed by atoms with van der Waals surface area (Å²) >= 11 is 5.82. The quantitative estimate of drug-likeness (QED) is 0.835. The van der Waals surface area contributed by atoms with Crippen molar-refractivity contribution in [2.45, 2.75) is 13.8 Å². The molecule has 0 aliphatic heterocycles. The lowest BCUT2D eigenvalue weighted by Crippen LogP contribution is -2.30. The lowest BCUT2D eigenvalue weighted by molar-refractivity contribution is 0.187. The first-order chi connectivity index (χ1) is 6.53. The zero-order chi connectivity index (χ0) is 10.6. The maximum atomic E-state index is 5.82. The van der Waals surface area contributed by atoms with Crippen LogP contribution in [0.2, 0.25) is 5.02 Å². The van der Waals surface area contributed by atoms with E-state index in [4.69, 9.17) is 22.1 Å². The van der Waals surface area contributed by atoms with E-state index >= 15 is 0 Å². The van der Waals surface area contributed by atoms with Crippen molar-refractivity contribution < 1.29 is 4.74 Å². The van der Waals surface area contributed by atoms with Crippen LogP contribution in [0.3, 0.4) is 0 Å². The van der Waals surface area contributed by atoms with Crippen LogP contribution in [0, 0.1) is 5.41 Å². The van der Waals surface area contributed by atoms with Crippen LogP contribution in [0.5, 0.6) is 5.75 Å². The van der Waals surface area contributed by atoms with Crippen molar-refractivity contribution in [2.24, 2.45) is 11.1 Å². The number of rotatable bonds is 4. The summed E-state index contributed by atoms with van der Waals surface area (Å²) in [6.07, 6.45) is 0. The summed E-state index contributed by atoms with van der Waals surface area (Å²) in [6.45, 7) is 5.34. The average Bonchev–Trinajstić information content (AvgIpc) is 2.15. The number of halogens is 1. The van der Waals surface area contributed by atoms with Crippen molar-refractivity contribution in [1.29, 1.82) is 0 Å². The van der Waals surface area contributed by atoms with Gasteiger partial charge in [0.1, 0.15) is 5.75 Å². The molecule has 14 heavy (non-hydrogen) atoms. The second-order valence-corrected chi connectivity index (χ2v) is 4.55. The van der Waals surface area contributed by atoms with Crippen LogP contribution in [0.1, 0.15) is 13.8 Å². The van der Waals surface area contributed by atoms with Gasteiger partial charge in [0.05, 0.1) is 6.61 Å². The summed E-state index contributed by atoms with van der Waals surface area (Å²) in [5, 5.41) is 0.688. The molecule has 0 aromatic heterocycles. The average molecular weight is 214 g/mol. The molecule has 2 nitrogen and oxygen atoms in total. The van der Waals surface area contributed by atoms with Crippen LogP contribution in [0.4, 0.5) is 0 Å². The molecule has 0 bridgehead atoms. The Kier molecular flexibility index (Phi) is 3.78. The SMILES string of the molecule is CC(C)(CN)COc1cccc(Cl)c1. The first-order valence-corrected chi connectivity index (χ1v) is 5.00. The third-order valence-electron chi connectivity index (χ3n) is 1.98. The van der Waals surface area contributed by atoms with Crippen molar-refractivity contribution >= 4 is 11.6 Å². The number of ether oxygens (including phenoxy) is 1. The highest BCUT2D eigenvalue weighted by atomic mass is 35.5. The van der Waals surface area contributed by atoms with Crippen LogP contribution in [-0.2, 0) is 0 Å². The van der Waals surface area contributed by atoms with Crippen molar-refractivity contribution in [3.05, 3.63) is 29.3 Å². The van der Waals surface area contributed by atoms with Crippen molar-refractivity contribution in [3.63, 3.8) is 0 Å². The van der Waals surface area contributed by atoms with E-state index in [1.807, 2.05) is 18.2 Å². The van der Waals surface area contributed by atoms with Crippen LogP contribution >= 0.6 is 11.6 Å². The summed E-state index contributed by atoms with van der Waals surface area (Å²) in [5.41, 5.74) is 5.60. The highest BCUT2D eigenvalue weighted by Crippen LogP contribution is 2.20. The molecule has 0 atom stereocenters. The van der Waals surface area contributed by atoms with E-state index in [1.54, 1.807) is 6.07 Å². The molecule has 1 aromatic rings. The van der Waals surface area contributed by atoms with Crippen LogP contribution in [0.25, 0.3) is 0 Å². The first-order valence-electron chi connectivity index (χ1n) is 4.62. The molecule has 1 rings (SSSR count). The second kappa shape index (κ2) is 4.67. The van der Waals surface area contributed by atoms with Crippen molar-refractivity contribution in [2.75, 3.05) is 13.2 Å². The van der Waals surface area contributed by atoms with E-state index in [0.29, 0.717) is 18.2 Å². The predicted molar refractivity (Wildman–Crippen MR) is 59.8 cm³/mol. The summed E-state index contributed by atoms with van der Waals surface area (Å²) in [5.74, 6) is 0.791. The standard InChI is InChI=1S/C11H16ClNO/c1-11(2,7-13)8-14-10-5-3-4-9(12)6-10/h3-6H,7-8,13H2,1-2H3. The fourth-order valence-corrected chi connectivity index (χ4v) is 1.07. The van der Waals surface area contributed by atoms with E-state index in [9.17, 15) is 0 Å². The van der Waals surface area contributed by atoms with Gasteiger partial charge >= 0.3 is 0 Å². The number of benzene rings is 1. The van der Waals surface area contributed by atoms with Gasteiger partial charge in [-0.1, -0.05) is 31.5 Å². The molecule has 0 radical (unpaired) electrons. The molecule has 2 N–H and O–H groups in total. The smallest absolute Gasteiger partial charge is 0.120 e. The lowest BCUT2D eigenvalue weighted by atomic mass is 9.95. The third-order valence-corrected chi connectivity index (χ3v) is 2.21. The van der Waals surface area contributed by atoms with E-state index in [1.165, 1.54) is 0 Å². The zero-order valence-corrected chi connectivity index (χ0v) is 9.34. The van der Waals surface area contributed by atoms with Crippen LogP contribution in [-0.4, -0.2) is 13.2 Å². The summed E-state index contributed by atoms with van der Waals surface area (Å²) in [4.78, 5) is 0. The molecule has 0 spiro atoms. The first kappa shape index (κ1) is 11.3. The minimum atomic E-state index is 0.00230. The van der Waals surface area contributed by atoms with Gasteiger partial charge in [0.25, 0.3) is 0 Å². The third kappa shape index (κ3) is 3.56. The Morgan fingerprint density at radius 1 is 1.43 bits per heavy atom. The molecule has 0 fully saturated rings. The normalized spacial score (nSPS) is 11.4. The lowest BCUT2D eigenvalue weighted by Gasteiger charge is -2.22. The Bertz CT molecular complexity index is 299. The minimum Gasteiger partial charge on any atom is -0.493 e. The molecule has 0 saturated carbocycles. The zero-order valence-electron chi connectivity index (χ0n) is 8.59. The fourth-order valence-electron chi connectivity index (χ4n) is 0.894. The van der Waals surface area contributed by atoms with Gasteiger partial charge in [-0.25, -0.2) is 0 Å². The van der Waals surface area contributed by atoms with Gasteiger partial charge in [-0.2, -0.15) is 0 Å². The summed E-state index contributed by atoms with van der Waals surface area (Å²) in [6, 6.07) is 7.38.